The zero-order valence-electron chi connectivity index (χ0n) is 8.81. The van der Waals surface area contributed by atoms with Gasteiger partial charge in [-0.1, -0.05) is 0 Å². The molecule has 4 heteroatoms. The van der Waals surface area contributed by atoms with Crippen LogP contribution in [0.15, 0.2) is 40.4 Å². The van der Waals surface area contributed by atoms with Gasteiger partial charge in [-0.05, 0) is 40.5 Å². The molecular weight excluding hydrogens is 286 g/mol. The van der Waals surface area contributed by atoms with Gasteiger partial charge in [0.15, 0.2) is 12.4 Å². The van der Waals surface area contributed by atoms with E-state index in [0.717, 1.165) is 8.66 Å². The van der Waals surface area contributed by atoms with Gasteiger partial charge < -0.3 is 0 Å². The van der Waals surface area contributed by atoms with Gasteiger partial charge in [0.05, 0.1) is 8.66 Å². The van der Waals surface area contributed by atoms with Crippen molar-refractivity contribution in [2.75, 3.05) is 0 Å². The van der Waals surface area contributed by atoms with Crippen molar-refractivity contribution in [1.82, 2.24) is 0 Å². The van der Waals surface area contributed by atoms with E-state index in [9.17, 15) is 4.79 Å². The van der Waals surface area contributed by atoms with Crippen molar-refractivity contribution in [3.8, 4) is 0 Å². The fourth-order valence-corrected chi connectivity index (χ4v) is 2.66. The first-order valence-electron chi connectivity index (χ1n) is 4.89. The topological polar surface area (TPSA) is 20.9 Å². The number of ketones is 1. The maximum absolute atomic E-state index is 11.9. The first kappa shape index (κ1) is 11.5. The highest BCUT2D eigenvalue weighted by Crippen LogP contribution is 2.22. The zero-order chi connectivity index (χ0) is 11.5. The number of carbonyl (C=O) groups excluding carboxylic acids is 1. The van der Waals surface area contributed by atoms with E-state index >= 15 is 0 Å². The molecule has 0 radical (unpaired) electrons. The smallest absolute Gasteiger partial charge is 0.237 e. The molecule has 0 unspecified atom stereocenters. The van der Waals surface area contributed by atoms with Crippen molar-refractivity contribution in [2.45, 2.75) is 13.5 Å². The van der Waals surface area contributed by atoms with E-state index in [0.29, 0.717) is 6.54 Å². The van der Waals surface area contributed by atoms with Gasteiger partial charge in [0.2, 0.25) is 12.3 Å². The van der Waals surface area contributed by atoms with E-state index in [1.165, 1.54) is 16.9 Å². The predicted octanol–water partition coefficient (Wildman–Crippen LogP) is 2.99. The van der Waals surface area contributed by atoms with Crippen LogP contribution in [0.4, 0.5) is 0 Å². The zero-order valence-corrected chi connectivity index (χ0v) is 11.2. The Kier molecular flexibility index (Phi) is 3.51. The van der Waals surface area contributed by atoms with Crippen LogP contribution >= 0.6 is 27.3 Å². The first-order chi connectivity index (χ1) is 7.65. The highest BCUT2D eigenvalue weighted by molar-refractivity contribution is 9.11. The molecule has 0 atom stereocenters. The number of carbonyl (C=O) groups is 1. The van der Waals surface area contributed by atoms with E-state index in [1.807, 2.05) is 48.1 Å². The molecule has 2 aromatic rings. The number of pyridine rings is 1. The standard InChI is InChI=1S/C12H11BrNOS/c1-9-4-6-14(7-5-9)8-10(15)11-2-3-12(13)16-11/h2-7H,8H2,1H3/q+1. The van der Waals surface area contributed by atoms with Crippen molar-refractivity contribution in [1.29, 1.82) is 0 Å². The summed E-state index contributed by atoms with van der Waals surface area (Å²) in [5.74, 6) is 0.143. The molecule has 0 saturated carbocycles. The summed E-state index contributed by atoms with van der Waals surface area (Å²) in [4.78, 5) is 12.7. The molecule has 0 N–H and O–H groups in total. The average molecular weight is 297 g/mol. The Morgan fingerprint density at radius 2 is 2.00 bits per heavy atom. The molecule has 0 aliphatic rings. The lowest BCUT2D eigenvalue weighted by Crippen LogP contribution is -2.36. The summed E-state index contributed by atoms with van der Waals surface area (Å²) in [6.45, 7) is 2.43. The summed E-state index contributed by atoms with van der Waals surface area (Å²) in [5.41, 5.74) is 1.20. The summed E-state index contributed by atoms with van der Waals surface area (Å²) in [5, 5.41) is 0. The minimum atomic E-state index is 0.143. The van der Waals surface area contributed by atoms with Gasteiger partial charge in [0.25, 0.3) is 0 Å². The summed E-state index contributed by atoms with van der Waals surface area (Å²) < 4.78 is 2.88. The van der Waals surface area contributed by atoms with Crippen LogP contribution in [0.5, 0.6) is 0 Å². The fourth-order valence-electron chi connectivity index (χ4n) is 1.35. The number of hydrogen-bond donors (Lipinski definition) is 0. The molecule has 2 aromatic heterocycles. The normalized spacial score (nSPS) is 10.4. The third-order valence-electron chi connectivity index (χ3n) is 2.23. The van der Waals surface area contributed by atoms with Crippen LogP contribution in [0.1, 0.15) is 15.2 Å². The Morgan fingerprint density at radius 3 is 2.56 bits per heavy atom. The van der Waals surface area contributed by atoms with E-state index in [2.05, 4.69) is 15.9 Å². The molecule has 0 aliphatic carbocycles. The van der Waals surface area contributed by atoms with Gasteiger partial charge in [0, 0.05) is 12.1 Å². The lowest BCUT2D eigenvalue weighted by Gasteiger charge is -1.95. The van der Waals surface area contributed by atoms with Crippen LogP contribution in [-0.4, -0.2) is 5.78 Å². The van der Waals surface area contributed by atoms with Gasteiger partial charge in [-0.3, -0.25) is 4.79 Å². The van der Waals surface area contributed by atoms with Crippen LogP contribution in [0.25, 0.3) is 0 Å². The molecule has 0 saturated heterocycles. The van der Waals surface area contributed by atoms with E-state index in [4.69, 9.17) is 0 Å². The number of aromatic nitrogens is 1. The second-order valence-corrected chi connectivity index (χ2v) is 6.04. The fraction of sp³-hybridized carbons (Fsp3) is 0.167. The molecule has 82 valence electrons. The second-order valence-electron chi connectivity index (χ2n) is 3.57. The van der Waals surface area contributed by atoms with Crippen molar-refractivity contribution in [3.05, 3.63) is 50.9 Å². The summed E-state index contributed by atoms with van der Waals surface area (Å²) >= 11 is 4.83. The molecule has 0 amide bonds. The van der Waals surface area contributed by atoms with E-state index in [-0.39, 0.29) is 5.78 Å². The molecule has 2 heterocycles. The number of Topliss-reactive ketones (excluding diaryl/α,β-unsaturated/α-hetero) is 1. The SMILES string of the molecule is Cc1cc[n+](CC(=O)c2ccc(Br)s2)cc1. The van der Waals surface area contributed by atoms with Crippen molar-refractivity contribution < 1.29 is 9.36 Å². The number of aryl methyl sites for hydroxylation is 1. The average Bonchev–Trinajstić information content (AvgIpc) is 2.68. The summed E-state index contributed by atoms with van der Waals surface area (Å²) in [7, 11) is 0. The number of thiophene rings is 1. The van der Waals surface area contributed by atoms with Crippen LogP contribution in [-0.2, 0) is 6.54 Å². The Hall–Kier alpha value is -1.00. The molecule has 0 aliphatic heterocycles. The molecule has 2 nitrogen and oxygen atoms in total. The van der Waals surface area contributed by atoms with Crippen molar-refractivity contribution in [3.63, 3.8) is 0 Å². The van der Waals surface area contributed by atoms with Crippen LogP contribution in [0, 0.1) is 6.92 Å². The Morgan fingerprint density at radius 1 is 1.31 bits per heavy atom. The van der Waals surface area contributed by atoms with Crippen molar-refractivity contribution >= 4 is 33.0 Å². The van der Waals surface area contributed by atoms with Gasteiger partial charge >= 0.3 is 0 Å². The quantitative estimate of drug-likeness (QED) is 0.630. The summed E-state index contributed by atoms with van der Waals surface area (Å²) in [6, 6.07) is 7.75. The Labute approximate surface area is 107 Å². The van der Waals surface area contributed by atoms with Gasteiger partial charge in [-0.15, -0.1) is 11.3 Å². The molecule has 16 heavy (non-hydrogen) atoms. The molecule has 2 rings (SSSR count). The second kappa shape index (κ2) is 4.89. The van der Waals surface area contributed by atoms with Crippen LogP contribution < -0.4 is 4.57 Å². The highest BCUT2D eigenvalue weighted by atomic mass is 79.9. The molecular formula is C12H11BrNOS+. The third kappa shape index (κ3) is 2.77. The monoisotopic (exact) mass is 296 g/mol. The number of nitrogens with zero attached hydrogens (tertiary/aromatic N) is 1. The third-order valence-corrected chi connectivity index (χ3v) is 3.90. The van der Waals surface area contributed by atoms with Gasteiger partial charge in [-0.2, -0.15) is 4.57 Å². The number of hydrogen-bond acceptors (Lipinski definition) is 2. The first-order valence-corrected chi connectivity index (χ1v) is 6.50. The van der Waals surface area contributed by atoms with Gasteiger partial charge in [0.1, 0.15) is 0 Å². The lowest BCUT2D eigenvalue weighted by molar-refractivity contribution is -0.683. The molecule has 0 fully saturated rings. The number of halogens is 1. The largest absolute Gasteiger partial charge is 0.286 e. The highest BCUT2D eigenvalue weighted by Gasteiger charge is 2.13. The number of rotatable bonds is 3. The predicted molar refractivity (Wildman–Crippen MR) is 67.7 cm³/mol. The molecule has 0 aromatic carbocycles. The van der Waals surface area contributed by atoms with Gasteiger partial charge in [-0.25, -0.2) is 0 Å². The maximum atomic E-state index is 11.9. The molecule has 0 spiro atoms. The maximum Gasteiger partial charge on any atom is 0.237 e. The Bertz CT molecular complexity index is 504. The van der Waals surface area contributed by atoms with Crippen LogP contribution in [0.3, 0.4) is 0 Å². The van der Waals surface area contributed by atoms with E-state index < -0.39 is 0 Å². The lowest BCUT2D eigenvalue weighted by atomic mass is 10.3. The minimum Gasteiger partial charge on any atom is -0.286 e. The van der Waals surface area contributed by atoms with Crippen molar-refractivity contribution in [2.24, 2.45) is 0 Å². The molecule has 0 bridgehead atoms. The summed E-state index contributed by atoms with van der Waals surface area (Å²) in [6.07, 6.45) is 3.85. The minimum absolute atomic E-state index is 0.143. The van der Waals surface area contributed by atoms with Crippen LogP contribution in [0.2, 0.25) is 0 Å². The Balaban J connectivity index is 2.10. The van der Waals surface area contributed by atoms with E-state index in [1.54, 1.807) is 0 Å².